The summed E-state index contributed by atoms with van der Waals surface area (Å²) < 4.78 is 27.5. The maximum Gasteiger partial charge on any atom is 0.287 e. The first-order valence-corrected chi connectivity index (χ1v) is 7.53. The van der Waals surface area contributed by atoms with E-state index in [4.69, 9.17) is 9.56 Å². The lowest BCUT2D eigenvalue weighted by molar-refractivity contribution is 0.0925. The zero-order chi connectivity index (χ0) is 14.5. The number of aryl methyl sites for hydroxylation is 1. The average Bonchev–Trinajstić information content (AvgIpc) is 2.70. The van der Waals surface area contributed by atoms with Crippen LogP contribution in [0.3, 0.4) is 0 Å². The summed E-state index contributed by atoms with van der Waals surface area (Å²) >= 11 is 0. The van der Waals surface area contributed by atoms with Crippen LogP contribution in [0.5, 0.6) is 0 Å². The van der Waals surface area contributed by atoms with Gasteiger partial charge in [0.25, 0.3) is 5.91 Å². The van der Waals surface area contributed by atoms with Crippen LogP contribution in [0.1, 0.15) is 29.7 Å². The maximum absolute atomic E-state index is 11.7. The Balaban J connectivity index is 2.59. The van der Waals surface area contributed by atoms with Gasteiger partial charge in [0.05, 0.1) is 0 Å². The number of carbonyl (C=O) groups is 1. The topological polar surface area (TPSA) is 114 Å². The normalized spacial score (nSPS) is 11.5. The lowest BCUT2D eigenvalue weighted by Crippen LogP contribution is -2.31. The Kier molecular flexibility index (Phi) is 5.52. The van der Waals surface area contributed by atoms with Crippen LogP contribution in [0.4, 0.5) is 0 Å². The first-order valence-electron chi connectivity index (χ1n) is 5.98. The van der Waals surface area contributed by atoms with E-state index in [0.29, 0.717) is 13.1 Å². The third-order valence-corrected chi connectivity index (χ3v) is 3.44. The van der Waals surface area contributed by atoms with E-state index in [1.807, 2.05) is 6.92 Å². The molecular formula is C11H19N3O4S. The number of amides is 1. The Morgan fingerprint density at radius 3 is 2.58 bits per heavy atom. The van der Waals surface area contributed by atoms with Crippen molar-refractivity contribution in [3.63, 3.8) is 0 Å². The van der Waals surface area contributed by atoms with Gasteiger partial charge in [-0.3, -0.25) is 4.79 Å². The summed E-state index contributed by atoms with van der Waals surface area (Å²) in [5.41, 5.74) is 0. The van der Waals surface area contributed by atoms with Crippen molar-refractivity contribution >= 4 is 15.9 Å². The summed E-state index contributed by atoms with van der Waals surface area (Å²) in [6.07, 6.45) is 1.02. The Morgan fingerprint density at radius 1 is 1.37 bits per heavy atom. The molecule has 7 nitrogen and oxygen atoms in total. The van der Waals surface area contributed by atoms with Crippen LogP contribution in [0.2, 0.25) is 0 Å². The molecule has 0 unspecified atom stereocenters. The lowest BCUT2D eigenvalue weighted by Gasteiger charge is -2.03. The quantitative estimate of drug-likeness (QED) is 0.610. The first-order chi connectivity index (χ1) is 8.86. The van der Waals surface area contributed by atoms with Gasteiger partial charge >= 0.3 is 0 Å². The van der Waals surface area contributed by atoms with Crippen molar-refractivity contribution in [3.8, 4) is 0 Å². The highest BCUT2D eigenvalue weighted by atomic mass is 32.2. The largest absolute Gasteiger partial charge is 0.455 e. The number of nitrogens with one attached hydrogen (secondary N) is 2. The minimum absolute atomic E-state index is 0.0583. The second-order valence-electron chi connectivity index (χ2n) is 4.08. The number of furan rings is 1. The van der Waals surface area contributed by atoms with Crippen LogP contribution in [-0.4, -0.2) is 34.0 Å². The van der Waals surface area contributed by atoms with E-state index in [0.717, 1.165) is 19.0 Å². The molecule has 0 saturated heterocycles. The number of sulfonamides is 1. The van der Waals surface area contributed by atoms with Gasteiger partial charge in [-0.15, -0.1) is 0 Å². The van der Waals surface area contributed by atoms with E-state index in [9.17, 15) is 13.2 Å². The van der Waals surface area contributed by atoms with Crippen molar-refractivity contribution in [3.05, 3.63) is 17.6 Å². The molecule has 0 fully saturated rings. The number of primary sulfonamides is 1. The monoisotopic (exact) mass is 289 g/mol. The molecule has 1 rings (SSSR count). The molecular weight excluding hydrogens is 270 g/mol. The van der Waals surface area contributed by atoms with Gasteiger partial charge in [0.2, 0.25) is 10.0 Å². The van der Waals surface area contributed by atoms with Crippen LogP contribution < -0.4 is 15.8 Å². The Morgan fingerprint density at radius 2 is 2.05 bits per heavy atom. The molecule has 108 valence electrons. The molecule has 0 atom stereocenters. The van der Waals surface area contributed by atoms with E-state index in [-0.39, 0.29) is 16.4 Å². The van der Waals surface area contributed by atoms with Gasteiger partial charge in [0.1, 0.15) is 10.7 Å². The summed E-state index contributed by atoms with van der Waals surface area (Å²) in [5, 5.41) is 10.7. The van der Waals surface area contributed by atoms with Gasteiger partial charge in [-0.25, -0.2) is 13.6 Å². The molecule has 1 aromatic heterocycles. The zero-order valence-electron chi connectivity index (χ0n) is 11.0. The minimum atomic E-state index is -3.86. The number of hydrogen-bond donors (Lipinski definition) is 3. The Labute approximate surface area is 112 Å². The van der Waals surface area contributed by atoms with Gasteiger partial charge in [-0.05, 0) is 19.9 Å². The highest BCUT2D eigenvalue weighted by molar-refractivity contribution is 7.89. The zero-order valence-corrected chi connectivity index (χ0v) is 11.8. The number of nitrogens with two attached hydrogens (primary N) is 1. The van der Waals surface area contributed by atoms with E-state index in [1.54, 1.807) is 0 Å². The fourth-order valence-electron chi connectivity index (χ4n) is 1.51. The molecule has 19 heavy (non-hydrogen) atoms. The summed E-state index contributed by atoms with van der Waals surface area (Å²) in [7, 11) is -3.86. The fourth-order valence-corrected chi connectivity index (χ4v) is 2.23. The van der Waals surface area contributed by atoms with E-state index >= 15 is 0 Å². The SMILES string of the molecule is CCCNCCNC(=O)c1cc(S(N)(=O)=O)c(C)o1. The smallest absolute Gasteiger partial charge is 0.287 e. The summed E-state index contributed by atoms with van der Waals surface area (Å²) in [4.78, 5) is 11.5. The minimum Gasteiger partial charge on any atom is -0.455 e. The average molecular weight is 289 g/mol. The molecule has 1 amide bonds. The van der Waals surface area contributed by atoms with Gasteiger partial charge in [0, 0.05) is 19.2 Å². The van der Waals surface area contributed by atoms with E-state index in [1.165, 1.54) is 6.92 Å². The van der Waals surface area contributed by atoms with Crippen molar-refractivity contribution in [2.45, 2.75) is 25.2 Å². The highest BCUT2D eigenvalue weighted by Crippen LogP contribution is 2.18. The third-order valence-electron chi connectivity index (χ3n) is 2.42. The van der Waals surface area contributed by atoms with Crippen molar-refractivity contribution in [2.75, 3.05) is 19.6 Å². The van der Waals surface area contributed by atoms with Gasteiger partial charge in [0.15, 0.2) is 5.76 Å². The highest BCUT2D eigenvalue weighted by Gasteiger charge is 2.20. The molecule has 0 radical (unpaired) electrons. The molecule has 0 saturated carbocycles. The Hall–Kier alpha value is -1.38. The molecule has 0 aromatic carbocycles. The van der Waals surface area contributed by atoms with Crippen molar-refractivity contribution in [2.24, 2.45) is 5.14 Å². The van der Waals surface area contributed by atoms with Crippen LogP contribution in [0, 0.1) is 6.92 Å². The second-order valence-corrected chi connectivity index (χ2v) is 5.61. The van der Waals surface area contributed by atoms with Crippen LogP contribution >= 0.6 is 0 Å². The Bertz CT molecular complexity index is 536. The standard InChI is InChI=1S/C11H19N3O4S/c1-3-4-13-5-6-14-11(15)9-7-10(8(2)18-9)19(12,16)17/h7,13H,3-6H2,1-2H3,(H,14,15)(H2,12,16,17). The van der Waals surface area contributed by atoms with Crippen molar-refractivity contribution < 1.29 is 17.6 Å². The summed E-state index contributed by atoms with van der Waals surface area (Å²) in [6.45, 7) is 5.45. The fraction of sp³-hybridized carbons (Fsp3) is 0.545. The molecule has 0 aliphatic carbocycles. The first kappa shape index (κ1) is 15.7. The van der Waals surface area contributed by atoms with E-state index in [2.05, 4.69) is 10.6 Å². The van der Waals surface area contributed by atoms with Crippen molar-refractivity contribution in [1.82, 2.24) is 10.6 Å². The predicted octanol–water partition coefficient (Wildman–Crippen LogP) is -0.0352. The predicted molar refractivity (Wildman–Crippen MR) is 70.3 cm³/mol. The van der Waals surface area contributed by atoms with Gasteiger partial charge < -0.3 is 15.1 Å². The van der Waals surface area contributed by atoms with Crippen LogP contribution in [-0.2, 0) is 10.0 Å². The molecule has 0 bridgehead atoms. The maximum atomic E-state index is 11.7. The van der Waals surface area contributed by atoms with Crippen LogP contribution in [0.25, 0.3) is 0 Å². The van der Waals surface area contributed by atoms with Gasteiger partial charge in [-0.1, -0.05) is 6.92 Å². The second kappa shape index (κ2) is 6.69. The number of carbonyl (C=O) groups excluding carboxylic acids is 1. The van der Waals surface area contributed by atoms with Crippen molar-refractivity contribution in [1.29, 1.82) is 0 Å². The van der Waals surface area contributed by atoms with Gasteiger partial charge in [-0.2, -0.15) is 0 Å². The lowest BCUT2D eigenvalue weighted by atomic mass is 10.4. The molecule has 4 N–H and O–H groups in total. The number of rotatable bonds is 7. The molecule has 0 aliphatic rings. The summed E-state index contributed by atoms with van der Waals surface area (Å²) in [5.74, 6) is -0.412. The number of hydrogen-bond acceptors (Lipinski definition) is 5. The summed E-state index contributed by atoms with van der Waals surface area (Å²) in [6, 6.07) is 1.14. The van der Waals surface area contributed by atoms with E-state index < -0.39 is 15.9 Å². The molecule has 1 aromatic rings. The molecule has 8 heteroatoms. The molecule has 0 spiro atoms. The molecule has 1 heterocycles. The molecule has 0 aliphatic heterocycles. The van der Waals surface area contributed by atoms with Crippen LogP contribution in [0.15, 0.2) is 15.4 Å². The third kappa shape index (κ3) is 4.66.